The van der Waals surface area contributed by atoms with Crippen LogP contribution in [0.1, 0.15) is 76.8 Å². The minimum absolute atomic E-state index is 0.00930. The van der Waals surface area contributed by atoms with Crippen molar-refractivity contribution in [2.24, 2.45) is 17.2 Å². The molecule has 0 bridgehead atoms. The van der Waals surface area contributed by atoms with Crippen molar-refractivity contribution in [1.82, 2.24) is 24.9 Å². The van der Waals surface area contributed by atoms with Gasteiger partial charge >= 0.3 is 0 Å². The number of rotatable bonds is 16. The molecule has 0 radical (unpaired) electrons. The summed E-state index contributed by atoms with van der Waals surface area (Å²) in [5, 5.41) is 5.51. The number of fused-ring (bicyclic) bond motifs is 1. The zero-order valence-corrected chi connectivity index (χ0v) is 33.2. The number of imide groups is 2. The van der Waals surface area contributed by atoms with Crippen molar-refractivity contribution in [2.75, 3.05) is 51.1 Å². The van der Waals surface area contributed by atoms with Crippen LogP contribution in [0.3, 0.4) is 0 Å². The van der Waals surface area contributed by atoms with Gasteiger partial charge in [0.1, 0.15) is 23.7 Å². The van der Waals surface area contributed by atoms with Gasteiger partial charge in [0.25, 0.3) is 11.8 Å². The minimum Gasteiger partial charge on any atom is -0.487 e. The maximum absolute atomic E-state index is 13.3. The molecule has 0 saturated carbocycles. The van der Waals surface area contributed by atoms with E-state index in [-0.39, 0.29) is 41.8 Å². The standard InChI is InChI=1S/C44H53N9O6/c45-34(30-9-4-3-5-10-30)25-37(41(46)47)52-27-32(28-52)59-31-16-14-29(15-17-31)26-50-21-23-51(24-22-50)39(55)13-6-1-2-7-20-48-35-12-8-11-33-40(35)44(58)53(43(33)57)36-18-19-38(54)49-42(36)56/h3-5,8-12,14-17,25,32,36,48H,1-2,6-7,13,18-24,26-28,45-47H2,(H,49,54,56)/b34-25-. The number of anilines is 1. The van der Waals surface area contributed by atoms with Crippen LogP contribution >= 0.6 is 0 Å². The molecule has 59 heavy (non-hydrogen) atoms. The number of hydrogen-bond donors (Lipinski definition) is 5. The number of piperazine rings is 1. The molecule has 0 aliphatic carbocycles. The van der Waals surface area contributed by atoms with Gasteiger partial charge < -0.3 is 37.1 Å². The van der Waals surface area contributed by atoms with E-state index in [0.29, 0.717) is 56.2 Å². The normalized spacial score (nSPS) is 18.7. The van der Waals surface area contributed by atoms with E-state index in [9.17, 15) is 24.0 Å². The number of piperidine rings is 1. The van der Waals surface area contributed by atoms with Crippen LogP contribution in [0, 0.1) is 0 Å². The summed E-state index contributed by atoms with van der Waals surface area (Å²) in [6.07, 6.45) is 5.97. The molecule has 3 fully saturated rings. The molecule has 15 nitrogen and oxygen atoms in total. The molecule has 15 heteroatoms. The molecular formula is C44H53N9O6. The van der Waals surface area contributed by atoms with E-state index in [1.807, 2.05) is 53.4 Å². The van der Waals surface area contributed by atoms with Gasteiger partial charge in [-0.25, -0.2) is 0 Å². The van der Waals surface area contributed by atoms with Crippen LogP contribution in [0.15, 0.2) is 90.4 Å². The second-order valence-corrected chi connectivity index (χ2v) is 15.5. The number of benzene rings is 3. The Morgan fingerprint density at radius 2 is 1.54 bits per heavy atom. The number of amides is 5. The highest BCUT2D eigenvalue weighted by atomic mass is 16.5. The molecule has 4 heterocycles. The van der Waals surface area contributed by atoms with E-state index >= 15 is 0 Å². The van der Waals surface area contributed by atoms with Crippen LogP contribution in [0.25, 0.3) is 5.70 Å². The van der Waals surface area contributed by atoms with Crippen molar-refractivity contribution in [2.45, 2.75) is 63.6 Å². The summed E-state index contributed by atoms with van der Waals surface area (Å²) < 4.78 is 6.21. The number of carbonyl (C=O) groups is 5. The maximum atomic E-state index is 13.3. The van der Waals surface area contributed by atoms with Gasteiger partial charge in [0.15, 0.2) is 0 Å². The lowest BCUT2D eigenvalue weighted by atomic mass is 10.0. The molecule has 3 saturated heterocycles. The predicted octanol–water partition coefficient (Wildman–Crippen LogP) is 2.94. The van der Waals surface area contributed by atoms with E-state index in [2.05, 4.69) is 32.6 Å². The third-order valence-electron chi connectivity index (χ3n) is 11.3. The molecular weight excluding hydrogens is 751 g/mol. The summed E-state index contributed by atoms with van der Waals surface area (Å²) >= 11 is 0. The molecule has 1 unspecified atom stereocenters. The molecule has 7 rings (SSSR count). The first-order valence-corrected chi connectivity index (χ1v) is 20.4. The Morgan fingerprint density at radius 3 is 2.25 bits per heavy atom. The third kappa shape index (κ3) is 9.69. The maximum Gasteiger partial charge on any atom is 0.264 e. The smallest absolute Gasteiger partial charge is 0.264 e. The molecule has 4 aliphatic heterocycles. The number of nitrogens with zero attached hydrogens (tertiary/aromatic N) is 4. The fraction of sp³-hybridized carbons (Fsp3) is 0.386. The zero-order chi connectivity index (χ0) is 41.5. The number of hydrogen-bond acceptors (Lipinski definition) is 12. The van der Waals surface area contributed by atoms with Gasteiger partial charge in [0.2, 0.25) is 17.7 Å². The van der Waals surface area contributed by atoms with E-state index in [1.165, 1.54) is 5.56 Å². The monoisotopic (exact) mass is 803 g/mol. The van der Waals surface area contributed by atoms with Crippen molar-refractivity contribution in [1.29, 1.82) is 0 Å². The van der Waals surface area contributed by atoms with E-state index in [1.54, 1.807) is 18.2 Å². The molecule has 0 spiro atoms. The van der Waals surface area contributed by atoms with Crippen LogP contribution in [0.5, 0.6) is 5.75 Å². The Balaban J connectivity index is 0.762. The van der Waals surface area contributed by atoms with Crippen molar-refractivity contribution >= 4 is 40.9 Å². The number of carbonyl (C=O) groups excluding carboxylic acids is 5. The highest BCUT2D eigenvalue weighted by molar-refractivity contribution is 6.25. The van der Waals surface area contributed by atoms with Crippen LogP contribution in [0.2, 0.25) is 0 Å². The average Bonchev–Trinajstić information content (AvgIpc) is 3.47. The first-order valence-electron chi connectivity index (χ1n) is 20.4. The molecule has 8 N–H and O–H groups in total. The second-order valence-electron chi connectivity index (χ2n) is 15.5. The SMILES string of the molecule is NC(N)=C(/C=C(\N)c1ccccc1)N1CC(Oc2ccc(CN3CCN(C(=O)CCCCCCNc4cccc5c4C(=O)N(C4CCC(=O)NC4=O)C5=O)CC3)cc2)C1. The predicted molar refractivity (Wildman–Crippen MR) is 223 cm³/mol. The Labute approximate surface area is 344 Å². The Bertz CT molecular complexity index is 2100. The Kier molecular flexibility index (Phi) is 12.8. The molecule has 310 valence electrons. The molecule has 1 atom stereocenters. The van der Waals surface area contributed by atoms with Crippen molar-refractivity contribution in [3.05, 3.63) is 113 Å². The van der Waals surface area contributed by atoms with E-state index in [0.717, 1.165) is 61.5 Å². The van der Waals surface area contributed by atoms with Gasteiger partial charge in [-0.2, -0.15) is 0 Å². The number of likely N-dealkylation sites (tertiary alicyclic amines) is 1. The summed E-state index contributed by atoms with van der Waals surface area (Å²) in [6, 6.07) is 21.9. The molecule has 3 aromatic carbocycles. The number of ether oxygens (including phenoxy) is 1. The van der Waals surface area contributed by atoms with Crippen molar-refractivity contribution in [3.63, 3.8) is 0 Å². The van der Waals surface area contributed by atoms with Crippen LogP contribution in [-0.2, 0) is 20.9 Å². The summed E-state index contributed by atoms with van der Waals surface area (Å²) in [5.41, 5.74) is 22.8. The number of nitrogens with one attached hydrogen (secondary N) is 2. The third-order valence-corrected chi connectivity index (χ3v) is 11.3. The first-order chi connectivity index (χ1) is 28.5. The fourth-order valence-corrected chi connectivity index (χ4v) is 8.01. The van der Waals surface area contributed by atoms with Gasteiger partial charge in [0.05, 0.1) is 29.9 Å². The van der Waals surface area contributed by atoms with Gasteiger partial charge in [-0.3, -0.25) is 39.1 Å². The van der Waals surface area contributed by atoms with E-state index < -0.39 is 29.7 Å². The fourth-order valence-electron chi connectivity index (χ4n) is 8.01. The van der Waals surface area contributed by atoms with Crippen LogP contribution in [0.4, 0.5) is 5.69 Å². The second kappa shape index (κ2) is 18.5. The van der Waals surface area contributed by atoms with Crippen LogP contribution < -0.4 is 32.6 Å². The Hall–Kier alpha value is -6.35. The quantitative estimate of drug-likeness (QED) is 0.0805. The zero-order valence-electron chi connectivity index (χ0n) is 33.2. The summed E-state index contributed by atoms with van der Waals surface area (Å²) in [7, 11) is 0. The first kappa shape index (κ1) is 40.8. The highest BCUT2D eigenvalue weighted by Gasteiger charge is 2.45. The molecule has 4 aliphatic rings. The molecule has 3 aromatic rings. The van der Waals surface area contributed by atoms with Crippen molar-refractivity contribution in [3.8, 4) is 5.75 Å². The minimum atomic E-state index is -0.998. The molecule has 5 amide bonds. The molecule has 0 aromatic heterocycles. The van der Waals surface area contributed by atoms with Crippen LogP contribution in [-0.4, -0.2) is 107 Å². The average molecular weight is 804 g/mol. The highest BCUT2D eigenvalue weighted by Crippen LogP contribution is 2.32. The van der Waals surface area contributed by atoms with Gasteiger partial charge in [-0.05, 0) is 60.7 Å². The van der Waals surface area contributed by atoms with Gasteiger partial charge in [-0.15, -0.1) is 0 Å². The summed E-state index contributed by atoms with van der Waals surface area (Å²) in [5.74, 6) is -0.867. The number of unbranched alkanes of at least 4 members (excludes halogenated alkanes) is 3. The lowest BCUT2D eigenvalue weighted by Crippen LogP contribution is -2.54. The topological polar surface area (TPSA) is 210 Å². The largest absolute Gasteiger partial charge is 0.487 e. The Morgan fingerprint density at radius 1 is 0.814 bits per heavy atom. The summed E-state index contributed by atoms with van der Waals surface area (Å²) in [6.45, 7) is 5.76. The van der Waals surface area contributed by atoms with Gasteiger partial charge in [-0.1, -0.05) is 61.4 Å². The van der Waals surface area contributed by atoms with E-state index in [4.69, 9.17) is 21.9 Å². The van der Waals surface area contributed by atoms with Crippen molar-refractivity contribution < 1.29 is 28.7 Å². The summed E-state index contributed by atoms with van der Waals surface area (Å²) in [4.78, 5) is 70.7. The van der Waals surface area contributed by atoms with Gasteiger partial charge in [0, 0.05) is 63.5 Å². The number of allylic oxidation sites excluding steroid dienone is 1. The lowest BCUT2D eigenvalue weighted by Gasteiger charge is -2.41. The lowest BCUT2D eigenvalue weighted by molar-refractivity contribution is -0.136. The number of nitrogens with two attached hydrogens (primary N) is 3.